The van der Waals surface area contributed by atoms with E-state index in [0.29, 0.717) is 62.0 Å². The van der Waals surface area contributed by atoms with E-state index in [1.165, 1.54) is 6.33 Å². The van der Waals surface area contributed by atoms with Crippen LogP contribution in [0.4, 0.5) is 17.3 Å². The van der Waals surface area contributed by atoms with E-state index in [1.807, 2.05) is 30.0 Å². The number of rotatable bonds is 0. The summed E-state index contributed by atoms with van der Waals surface area (Å²) in [6.45, 7) is 4.46. The van der Waals surface area contributed by atoms with Gasteiger partial charge in [0.05, 0.1) is 29.9 Å². The van der Waals surface area contributed by atoms with Crippen LogP contribution < -0.4 is 20.7 Å². The molecule has 3 aliphatic rings. The topological polar surface area (TPSA) is 132 Å². The van der Waals surface area contributed by atoms with Gasteiger partial charge in [-0.05, 0) is 31.4 Å². The zero-order valence-electron chi connectivity index (χ0n) is 20.5. The second kappa shape index (κ2) is 10.1. The number of nitrogens with one attached hydrogen (secondary N) is 3. The van der Waals surface area contributed by atoms with Crippen LogP contribution in [-0.2, 0) is 9.59 Å². The summed E-state index contributed by atoms with van der Waals surface area (Å²) in [5.74, 6) is 1.39. The molecule has 1 saturated heterocycles. The molecule has 4 heterocycles. The normalized spacial score (nSPS) is 24.5. The molecule has 0 saturated carbocycles. The number of carbonyl (C=O) groups excluding carboxylic acids is 2. The van der Waals surface area contributed by atoms with E-state index >= 15 is 0 Å². The van der Waals surface area contributed by atoms with Gasteiger partial charge >= 0.3 is 0 Å². The molecular weight excluding hydrogens is 462 g/mol. The smallest absolute Gasteiger partial charge is 0.259 e. The Bertz CT molecular complexity index is 1200. The van der Waals surface area contributed by atoms with Crippen LogP contribution in [0.2, 0.25) is 0 Å². The van der Waals surface area contributed by atoms with E-state index in [-0.39, 0.29) is 17.9 Å². The Hall–Kier alpha value is -3.70. The van der Waals surface area contributed by atoms with Gasteiger partial charge in [0.25, 0.3) is 5.91 Å². The third kappa shape index (κ3) is 4.84. The fraction of sp³-hybridized carbons (Fsp3) is 0.440. The number of aliphatic hydroxyl groups excluding tert-OH is 1. The SMILES string of the molecule is Cc1ccc2cc1OCCCN1C[C@H](O)C[C@@H]1C(=O)N(C)CCNc1ncnc3c1/C(=C/N2)C(=O)N3. The number of aryl methyl sites for hydroxylation is 1. The van der Waals surface area contributed by atoms with Gasteiger partial charge in [-0.3, -0.25) is 14.5 Å². The Balaban J connectivity index is 1.45. The molecule has 4 N–H and O–H groups in total. The van der Waals surface area contributed by atoms with Gasteiger partial charge in [0, 0.05) is 51.2 Å². The van der Waals surface area contributed by atoms with Crippen molar-refractivity contribution >= 4 is 34.7 Å². The maximum absolute atomic E-state index is 13.2. The van der Waals surface area contributed by atoms with Crippen LogP contribution in [0.15, 0.2) is 30.7 Å². The summed E-state index contributed by atoms with van der Waals surface area (Å²) < 4.78 is 6.05. The Labute approximate surface area is 209 Å². The van der Waals surface area contributed by atoms with Gasteiger partial charge < -0.3 is 30.7 Å². The summed E-state index contributed by atoms with van der Waals surface area (Å²) in [6.07, 6.45) is 3.66. The second-order valence-electron chi connectivity index (χ2n) is 9.37. The van der Waals surface area contributed by atoms with Crippen molar-refractivity contribution in [1.29, 1.82) is 0 Å². The number of nitrogens with zero attached hydrogens (tertiary/aromatic N) is 4. The first kappa shape index (κ1) is 24.0. The maximum atomic E-state index is 13.2. The molecule has 0 unspecified atom stereocenters. The van der Waals surface area contributed by atoms with Crippen molar-refractivity contribution in [1.82, 2.24) is 19.8 Å². The van der Waals surface area contributed by atoms with Gasteiger partial charge in [-0.15, -0.1) is 0 Å². The zero-order chi connectivity index (χ0) is 25.2. The van der Waals surface area contributed by atoms with E-state index in [1.54, 1.807) is 18.1 Å². The highest BCUT2D eigenvalue weighted by Gasteiger charge is 2.37. The van der Waals surface area contributed by atoms with Crippen molar-refractivity contribution < 1.29 is 19.4 Å². The standard InChI is InChI=1S/C25H31N7O4/c1-15-4-5-16-10-20(15)36-9-3-7-32-13-17(33)11-19(32)25(35)31(2)8-6-26-22-21-18(12-27-16)24(34)30-23(21)29-14-28-22/h4-5,10,12,14,17,19,27,33H,3,6-9,11,13H2,1-2H3,(H2,26,28,29,30,34)/b18-12-/t17-,19-/m1/s1. The number of aromatic nitrogens is 2. The fourth-order valence-electron chi connectivity index (χ4n) is 4.84. The summed E-state index contributed by atoms with van der Waals surface area (Å²) in [6, 6.07) is 5.42. The molecule has 1 aromatic heterocycles. The number of amides is 2. The molecule has 3 aliphatic heterocycles. The highest BCUT2D eigenvalue weighted by Crippen LogP contribution is 2.35. The number of likely N-dealkylation sites (N-methyl/N-ethyl adjacent to an activating group) is 1. The molecule has 5 rings (SSSR count). The highest BCUT2D eigenvalue weighted by atomic mass is 16.5. The summed E-state index contributed by atoms with van der Waals surface area (Å²) in [4.78, 5) is 38.2. The van der Waals surface area contributed by atoms with Gasteiger partial charge in [-0.25, -0.2) is 9.97 Å². The van der Waals surface area contributed by atoms with Crippen molar-refractivity contribution in [2.24, 2.45) is 0 Å². The summed E-state index contributed by atoms with van der Waals surface area (Å²) in [5, 5.41) is 19.5. The molecule has 11 heteroatoms. The molecule has 11 nitrogen and oxygen atoms in total. The number of hydrogen-bond donors (Lipinski definition) is 4. The van der Waals surface area contributed by atoms with Gasteiger partial charge in [0.15, 0.2) is 0 Å². The van der Waals surface area contributed by atoms with E-state index in [4.69, 9.17) is 4.74 Å². The molecule has 2 amide bonds. The zero-order valence-corrected chi connectivity index (χ0v) is 20.5. The van der Waals surface area contributed by atoms with Crippen LogP contribution in [0.3, 0.4) is 0 Å². The third-order valence-electron chi connectivity index (χ3n) is 6.79. The maximum Gasteiger partial charge on any atom is 0.259 e. The van der Waals surface area contributed by atoms with E-state index in [0.717, 1.165) is 23.4 Å². The van der Waals surface area contributed by atoms with Crippen molar-refractivity contribution in [3.63, 3.8) is 0 Å². The van der Waals surface area contributed by atoms with Crippen LogP contribution in [-0.4, -0.2) is 88.7 Å². The minimum atomic E-state index is -0.520. The summed E-state index contributed by atoms with van der Waals surface area (Å²) in [5.41, 5.74) is 2.77. The lowest BCUT2D eigenvalue weighted by Gasteiger charge is -2.28. The van der Waals surface area contributed by atoms with Crippen LogP contribution in [0, 0.1) is 6.92 Å². The first-order valence-corrected chi connectivity index (χ1v) is 12.2. The Morgan fingerprint density at radius 3 is 2.86 bits per heavy atom. The Morgan fingerprint density at radius 2 is 2.00 bits per heavy atom. The first-order chi connectivity index (χ1) is 17.4. The number of ether oxygens (including phenoxy) is 1. The molecule has 36 heavy (non-hydrogen) atoms. The molecule has 190 valence electrons. The summed E-state index contributed by atoms with van der Waals surface area (Å²) in [7, 11) is 1.76. The van der Waals surface area contributed by atoms with E-state index < -0.39 is 6.10 Å². The quantitative estimate of drug-likeness (QED) is 0.428. The predicted octanol–water partition coefficient (Wildman–Crippen LogP) is 1.28. The molecule has 1 fully saturated rings. The number of fused-ring (bicyclic) bond motifs is 3. The third-order valence-corrected chi connectivity index (χ3v) is 6.79. The number of anilines is 3. The first-order valence-electron chi connectivity index (χ1n) is 12.2. The van der Waals surface area contributed by atoms with Gasteiger partial charge in [0.2, 0.25) is 5.91 Å². The lowest BCUT2D eigenvalue weighted by Crippen LogP contribution is -2.45. The van der Waals surface area contributed by atoms with E-state index in [9.17, 15) is 14.7 Å². The number of hydrogen-bond acceptors (Lipinski definition) is 9. The van der Waals surface area contributed by atoms with Crippen molar-refractivity contribution in [2.75, 3.05) is 55.8 Å². The predicted molar refractivity (Wildman–Crippen MR) is 136 cm³/mol. The summed E-state index contributed by atoms with van der Waals surface area (Å²) >= 11 is 0. The Morgan fingerprint density at radius 1 is 1.17 bits per heavy atom. The molecule has 0 aliphatic carbocycles. The molecule has 1 aromatic carbocycles. The van der Waals surface area contributed by atoms with Gasteiger partial charge in [-0.1, -0.05) is 6.07 Å². The lowest BCUT2D eigenvalue weighted by molar-refractivity contribution is -0.134. The van der Waals surface area contributed by atoms with Crippen molar-refractivity contribution in [3.8, 4) is 5.75 Å². The minimum Gasteiger partial charge on any atom is -0.493 e. The second-order valence-corrected chi connectivity index (χ2v) is 9.37. The molecule has 0 spiro atoms. The fourth-order valence-corrected chi connectivity index (χ4v) is 4.84. The minimum absolute atomic E-state index is 0.0229. The van der Waals surface area contributed by atoms with Gasteiger partial charge in [0.1, 0.15) is 23.7 Å². The molecular formula is C25H31N7O4. The highest BCUT2D eigenvalue weighted by molar-refractivity contribution is 6.32. The average Bonchev–Trinajstić information content (AvgIpc) is 3.39. The lowest BCUT2D eigenvalue weighted by atomic mass is 10.1. The monoisotopic (exact) mass is 493 g/mol. The van der Waals surface area contributed by atoms with Crippen LogP contribution in [0.25, 0.3) is 5.57 Å². The largest absolute Gasteiger partial charge is 0.493 e. The number of carbonyl (C=O) groups is 2. The van der Waals surface area contributed by atoms with Crippen LogP contribution in [0.1, 0.15) is 24.0 Å². The average molecular weight is 494 g/mol. The number of benzene rings is 1. The molecule has 2 atom stereocenters. The van der Waals surface area contributed by atoms with Gasteiger partial charge in [-0.2, -0.15) is 0 Å². The Kier molecular flexibility index (Phi) is 6.75. The number of aliphatic hydroxyl groups is 1. The van der Waals surface area contributed by atoms with Crippen molar-refractivity contribution in [2.45, 2.75) is 31.9 Å². The molecule has 0 radical (unpaired) electrons. The molecule has 2 aromatic rings. The molecule has 2 bridgehead atoms. The van der Waals surface area contributed by atoms with Crippen LogP contribution >= 0.6 is 0 Å². The van der Waals surface area contributed by atoms with Crippen molar-refractivity contribution in [3.05, 3.63) is 41.9 Å². The van der Waals surface area contributed by atoms with E-state index in [2.05, 4.69) is 25.9 Å². The van der Waals surface area contributed by atoms with Crippen LogP contribution in [0.5, 0.6) is 5.75 Å².